The maximum absolute atomic E-state index is 13.2. The summed E-state index contributed by atoms with van der Waals surface area (Å²) < 4.78 is 87.9. The second kappa shape index (κ2) is 9.07. The maximum atomic E-state index is 13.2. The molecule has 0 bridgehead atoms. The Balaban J connectivity index is 2.39. The molecule has 13 heteroatoms. The number of benzene rings is 1. The molecule has 0 atom stereocenters. The van der Waals surface area contributed by atoms with Crippen molar-refractivity contribution >= 4 is 46.4 Å². The lowest BCUT2D eigenvalue weighted by Crippen LogP contribution is -2.13. The molecular weight excluding hydrogens is 494 g/mol. The van der Waals surface area contributed by atoms with Crippen LogP contribution < -0.4 is 9.47 Å². The highest BCUT2D eigenvalue weighted by atomic mass is 35.5. The van der Waals surface area contributed by atoms with Gasteiger partial charge in [-0.3, -0.25) is 0 Å². The summed E-state index contributed by atoms with van der Waals surface area (Å²) in [4.78, 5) is 3.13. The van der Waals surface area contributed by atoms with Crippen LogP contribution in [0.3, 0.4) is 0 Å². The molecule has 158 valence electrons. The summed E-state index contributed by atoms with van der Waals surface area (Å²) in [5.74, 6) is -1.50. The predicted molar refractivity (Wildman–Crippen MR) is 96.1 cm³/mol. The molecule has 0 amide bonds. The molecule has 3 nitrogen and oxygen atoms in total. The second-order valence-electron chi connectivity index (χ2n) is 5.20. The van der Waals surface area contributed by atoms with Gasteiger partial charge < -0.3 is 9.47 Å². The summed E-state index contributed by atoms with van der Waals surface area (Å²) in [7, 11) is 0. The van der Waals surface area contributed by atoms with Crippen LogP contribution in [-0.4, -0.2) is 11.6 Å². The molecule has 0 radical (unpaired) electrons. The van der Waals surface area contributed by atoms with E-state index in [0.717, 1.165) is 12.1 Å². The van der Waals surface area contributed by atoms with Gasteiger partial charge >= 0.3 is 12.4 Å². The van der Waals surface area contributed by atoms with Crippen LogP contribution in [-0.2, 0) is 12.4 Å². The van der Waals surface area contributed by atoms with Gasteiger partial charge in [0.2, 0.25) is 5.88 Å². The lowest BCUT2D eigenvalue weighted by molar-refractivity contribution is -0.144. The highest BCUT2D eigenvalue weighted by molar-refractivity contribution is 6.55. The van der Waals surface area contributed by atoms with E-state index in [1.165, 1.54) is 6.08 Å². The van der Waals surface area contributed by atoms with Gasteiger partial charge in [0.25, 0.3) is 0 Å². The molecule has 2 aromatic rings. The third-order valence-corrected chi connectivity index (χ3v) is 4.01. The fraction of sp³-hybridized carbons (Fsp3) is 0.188. The van der Waals surface area contributed by atoms with Crippen LogP contribution in [0, 0.1) is 0 Å². The third kappa shape index (κ3) is 6.47. The smallest absolute Gasteiger partial charge is 0.421 e. The molecule has 0 aliphatic rings. The third-order valence-electron chi connectivity index (χ3n) is 3.14. The molecule has 0 aliphatic carbocycles. The molecule has 0 spiro atoms. The van der Waals surface area contributed by atoms with E-state index < -0.39 is 35.1 Å². The fourth-order valence-corrected chi connectivity index (χ4v) is 2.58. The molecular formula is C16H7Cl4F6NO2. The monoisotopic (exact) mass is 499 g/mol. The van der Waals surface area contributed by atoms with Gasteiger partial charge in [-0.2, -0.15) is 26.3 Å². The van der Waals surface area contributed by atoms with E-state index in [2.05, 4.69) is 4.98 Å². The van der Waals surface area contributed by atoms with E-state index in [1.807, 2.05) is 0 Å². The largest absolute Gasteiger partial charge is 0.489 e. The van der Waals surface area contributed by atoms with Crippen LogP contribution in [0.4, 0.5) is 26.3 Å². The topological polar surface area (TPSA) is 31.4 Å². The predicted octanol–water partition coefficient (Wildman–Crippen LogP) is 7.92. The molecule has 0 aliphatic heterocycles. The normalized spacial score (nSPS) is 11.9. The van der Waals surface area contributed by atoms with Crippen molar-refractivity contribution in [1.82, 2.24) is 4.98 Å². The Morgan fingerprint density at radius 1 is 0.966 bits per heavy atom. The summed E-state index contributed by atoms with van der Waals surface area (Å²) in [6, 6.07) is 2.20. The number of aromatic nitrogens is 1. The van der Waals surface area contributed by atoms with Gasteiger partial charge in [-0.1, -0.05) is 46.4 Å². The number of nitrogens with zero attached hydrogens (tertiary/aromatic N) is 1. The first kappa shape index (κ1) is 23.7. The van der Waals surface area contributed by atoms with Crippen LogP contribution in [0.2, 0.25) is 10.0 Å². The van der Waals surface area contributed by atoms with Crippen molar-refractivity contribution in [2.24, 2.45) is 0 Å². The van der Waals surface area contributed by atoms with Crippen molar-refractivity contribution in [3.05, 3.63) is 56.1 Å². The fourth-order valence-electron chi connectivity index (χ4n) is 1.91. The van der Waals surface area contributed by atoms with E-state index >= 15 is 0 Å². The van der Waals surface area contributed by atoms with E-state index in [4.69, 9.17) is 55.9 Å². The SMILES string of the molecule is FC(F)(F)c1cnc(Oc2c(Cl)cc(OCC=C(Cl)Cl)cc2Cl)c(C(F)(F)F)c1. The number of ether oxygens (including phenoxy) is 2. The lowest BCUT2D eigenvalue weighted by atomic mass is 10.2. The molecule has 0 fully saturated rings. The van der Waals surface area contributed by atoms with Crippen molar-refractivity contribution in [3.8, 4) is 17.4 Å². The zero-order valence-electron chi connectivity index (χ0n) is 13.6. The van der Waals surface area contributed by atoms with E-state index in [0.29, 0.717) is 0 Å². The molecule has 0 unspecified atom stereocenters. The van der Waals surface area contributed by atoms with Gasteiger partial charge in [0, 0.05) is 18.3 Å². The van der Waals surface area contributed by atoms with Crippen molar-refractivity contribution < 1.29 is 35.8 Å². The lowest BCUT2D eigenvalue weighted by Gasteiger charge is -2.16. The minimum Gasteiger partial charge on any atom is -0.489 e. The Labute approximate surface area is 179 Å². The average molecular weight is 501 g/mol. The second-order valence-corrected chi connectivity index (χ2v) is 7.02. The Bertz CT molecular complexity index is 904. The Morgan fingerprint density at radius 2 is 1.55 bits per heavy atom. The van der Waals surface area contributed by atoms with Gasteiger partial charge in [-0.05, 0) is 12.1 Å². The number of rotatable bonds is 5. The van der Waals surface area contributed by atoms with Gasteiger partial charge in [-0.25, -0.2) is 4.98 Å². The first-order valence-electron chi connectivity index (χ1n) is 7.24. The van der Waals surface area contributed by atoms with Crippen LogP contribution >= 0.6 is 46.4 Å². The van der Waals surface area contributed by atoms with Crippen molar-refractivity contribution in [1.29, 1.82) is 0 Å². The van der Waals surface area contributed by atoms with Crippen LogP contribution in [0.15, 0.2) is 35.0 Å². The summed E-state index contributed by atoms with van der Waals surface area (Å²) in [6.45, 7) is -0.0616. The quantitative estimate of drug-likeness (QED) is 0.391. The molecule has 1 aromatic carbocycles. The van der Waals surface area contributed by atoms with Crippen LogP contribution in [0.5, 0.6) is 17.4 Å². The molecule has 0 saturated heterocycles. The summed E-state index contributed by atoms with van der Waals surface area (Å²) in [6.07, 6.45) is -8.71. The summed E-state index contributed by atoms with van der Waals surface area (Å²) in [5.41, 5.74) is -3.34. The average Bonchev–Trinajstić information content (AvgIpc) is 2.56. The Kier molecular flexibility index (Phi) is 7.42. The number of halogens is 10. The standard InChI is InChI=1S/C16H7Cl4F6NO2/c17-10-4-8(28-2-1-12(19)20)5-11(18)13(10)29-14-9(16(24,25)26)3-7(6-27-14)15(21,22)23/h1,3-6H,2H2. The van der Waals surface area contributed by atoms with Crippen molar-refractivity contribution in [2.45, 2.75) is 12.4 Å². The molecule has 0 saturated carbocycles. The Hall–Kier alpha value is -1.55. The molecule has 29 heavy (non-hydrogen) atoms. The Morgan fingerprint density at radius 3 is 2.03 bits per heavy atom. The van der Waals surface area contributed by atoms with Crippen LogP contribution in [0.1, 0.15) is 11.1 Å². The number of pyridine rings is 1. The molecule has 1 aromatic heterocycles. The van der Waals surface area contributed by atoms with Crippen molar-refractivity contribution in [3.63, 3.8) is 0 Å². The van der Waals surface area contributed by atoms with Gasteiger partial charge in [-0.15, -0.1) is 0 Å². The van der Waals surface area contributed by atoms with Crippen LogP contribution in [0.25, 0.3) is 0 Å². The summed E-state index contributed by atoms with van der Waals surface area (Å²) in [5, 5.41) is -0.549. The minimum absolute atomic E-state index is 0.0600. The first-order valence-corrected chi connectivity index (χ1v) is 8.75. The highest BCUT2D eigenvalue weighted by Gasteiger charge is 2.40. The zero-order chi connectivity index (χ0) is 22.0. The van der Waals surface area contributed by atoms with Gasteiger partial charge in [0.05, 0.1) is 15.6 Å². The van der Waals surface area contributed by atoms with Gasteiger partial charge in [0.1, 0.15) is 22.4 Å². The van der Waals surface area contributed by atoms with Crippen molar-refractivity contribution in [2.75, 3.05) is 6.61 Å². The molecule has 1 heterocycles. The molecule has 2 rings (SSSR count). The van der Waals surface area contributed by atoms with E-state index in [9.17, 15) is 26.3 Å². The number of alkyl halides is 6. The minimum atomic E-state index is -5.18. The highest BCUT2D eigenvalue weighted by Crippen LogP contribution is 2.44. The van der Waals surface area contributed by atoms with E-state index in [-0.39, 0.29) is 39.2 Å². The van der Waals surface area contributed by atoms with E-state index in [1.54, 1.807) is 0 Å². The first-order chi connectivity index (χ1) is 13.3. The number of hydrogen-bond acceptors (Lipinski definition) is 3. The summed E-state index contributed by atoms with van der Waals surface area (Å²) >= 11 is 22.7. The van der Waals surface area contributed by atoms with Gasteiger partial charge in [0.15, 0.2) is 5.75 Å². The maximum Gasteiger partial charge on any atom is 0.421 e. The number of hydrogen-bond donors (Lipinski definition) is 0. The molecule has 0 N–H and O–H groups in total. The zero-order valence-corrected chi connectivity index (χ0v) is 16.7.